The molecular formula is C12H20CaO2S. The SMILES string of the molecule is CCc1cc(CC)c(S(=O)O)c(CC)c1.[CaH2]. The molecule has 1 atom stereocenters. The van der Waals surface area contributed by atoms with Crippen LogP contribution < -0.4 is 0 Å². The predicted molar refractivity (Wildman–Crippen MR) is 72.2 cm³/mol. The summed E-state index contributed by atoms with van der Waals surface area (Å²) in [5.74, 6) is 0. The van der Waals surface area contributed by atoms with Crippen molar-refractivity contribution in [2.24, 2.45) is 0 Å². The fourth-order valence-corrected chi connectivity index (χ4v) is 2.64. The molecule has 0 saturated heterocycles. The Morgan fingerprint density at radius 1 is 1.06 bits per heavy atom. The standard InChI is InChI=1S/C12H18O2S.Ca.2H/c1-4-9-7-10(5-2)12(15(13)14)11(6-3)8-9;;;/h7-8H,4-6H2,1-3H3,(H,13,14);;;. The van der Waals surface area contributed by atoms with Gasteiger partial charge in [-0.3, -0.25) is 0 Å². The van der Waals surface area contributed by atoms with Crippen molar-refractivity contribution in [1.82, 2.24) is 0 Å². The summed E-state index contributed by atoms with van der Waals surface area (Å²) in [4.78, 5) is 0.622. The molecule has 0 aliphatic carbocycles. The molecule has 0 saturated carbocycles. The molecule has 0 heterocycles. The van der Waals surface area contributed by atoms with Crippen molar-refractivity contribution in [2.45, 2.75) is 44.9 Å². The van der Waals surface area contributed by atoms with Gasteiger partial charge in [-0.1, -0.05) is 32.9 Å². The quantitative estimate of drug-likeness (QED) is 0.670. The zero-order valence-electron chi connectivity index (χ0n) is 9.54. The first kappa shape index (κ1) is 16.6. The summed E-state index contributed by atoms with van der Waals surface area (Å²) in [6, 6.07) is 4.09. The second kappa shape index (κ2) is 7.83. The molecule has 0 amide bonds. The molecule has 1 N–H and O–H groups in total. The minimum atomic E-state index is -1.86. The molecule has 1 aromatic carbocycles. The van der Waals surface area contributed by atoms with E-state index >= 15 is 0 Å². The molecule has 0 fully saturated rings. The molecule has 1 aromatic rings. The molecule has 88 valence electrons. The Hall–Kier alpha value is 0.590. The van der Waals surface area contributed by atoms with Crippen LogP contribution in [0.4, 0.5) is 0 Å². The van der Waals surface area contributed by atoms with Crippen LogP contribution in [-0.2, 0) is 30.3 Å². The number of hydrogen-bond donors (Lipinski definition) is 1. The molecule has 16 heavy (non-hydrogen) atoms. The Kier molecular flexibility index (Phi) is 8.12. The third-order valence-electron chi connectivity index (χ3n) is 2.65. The molecule has 0 spiro atoms. The summed E-state index contributed by atoms with van der Waals surface area (Å²) in [6.07, 6.45) is 2.59. The Bertz CT molecular complexity index is 352. The molecule has 4 heteroatoms. The van der Waals surface area contributed by atoms with E-state index in [1.54, 1.807) is 0 Å². The molecule has 0 aliphatic heterocycles. The maximum absolute atomic E-state index is 11.3. The van der Waals surface area contributed by atoms with Crippen molar-refractivity contribution in [3.63, 3.8) is 0 Å². The van der Waals surface area contributed by atoms with Crippen LogP contribution in [-0.4, -0.2) is 46.5 Å². The van der Waals surface area contributed by atoms with E-state index in [1.807, 2.05) is 26.0 Å². The van der Waals surface area contributed by atoms with Gasteiger partial charge in [0.25, 0.3) is 0 Å². The monoisotopic (exact) mass is 268 g/mol. The molecule has 1 rings (SSSR count). The second-order valence-electron chi connectivity index (χ2n) is 3.55. The normalized spacial score (nSPS) is 12.0. The summed E-state index contributed by atoms with van der Waals surface area (Å²) < 4.78 is 20.6. The molecule has 1 unspecified atom stereocenters. The number of benzene rings is 1. The van der Waals surface area contributed by atoms with E-state index in [-0.39, 0.29) is 37.7 Å². The summed E-state index contributed by atoms with van der Waals surface area (Å²) >= 11 is -1.86. The average molecular weight is 268 g/mol. The van der Waals surface area contributed by atoms with Crippen LogP contribution in [0, 0.1) is 0 Å². The zero-order chi connectivity index (χ0) is 11.4. The Balaban J connectivity index is 0.00000225. The van der Waals surface area contributed by atoms with E-state index in [4.69, 9.17) is 0 Å². The van der Waals surface area contributed by atoms with Crippen molar-refractivity contribution in [3.8, 4) is 0 Å². The van der Waals surface area contributed by atoms with Crippen LogP contribution in [0.3, 0.4) is 0 Å². The number of hydrogen-bond acceptors (Lipinski definition) is 1. The molecular weight excluding hydrogens is 248 g/mol. The number of aryl methyl sites for hydroxylation is 3. The maximum atomic E-state index is 11.3. The van der Waals surface area contributed by atoms with Gasteiger partial charge >= 0.3 is 37.7 Å². The summed E-state index contributed by atoms with van der Waals surface area (Å²) in [7, 11) is 0. The van der Waals surface area contributed by atoms with Gasteiger partial charge in [0, 0.05) is 0 Å². The molecule has 0 radical (unpaired) electrons. The van der Waals surface area contributed by atoms with Gasteiger partial charge in [0.1, 0.15) is 0 Å². The van der Waals surface area contributed by atoms with Gasteiger partial charge in [0.05, 0.1) is 4.90 Å². The zero-order valence-corrected chi connectivity index (χ0v) is 10.4. The Labute approximate surface area is 130 Å². The van der Waals surface area contributed by atoms with E-state index in [0.717, 1.165) is 30.4 Å². The van der Waals surface area contributed by atoms with Gasteiger partial charge in [-0.15, -0.1) is 0 Å². The van der Waals surface area contributed by atoms with Crippen molar-refractivity contribution < 1.29 is 8.76 Å². The van der Waals surface area contributed by atoms with E-state index in [0.29, 0.717) is 4.90 Å². The first-order chi connectivity index (χ1) is 7.13. The van der Waals surface area contributed by atoms with Crippen LogP contribution >= 0.6 is 0 Å². The van der Waals surface area contributed by atoms with Crippen molar-refractivity contribution in [2.75, 3.05) is 0 Å². The predicted octanol–water partition coefficient (Wildman–Crippen LogP) is 2.04. The van der Waals surface area contributed by atoms with Gasteiger partial charge in [0.2, 0.25) is 0 Å². The third kappa shape index (κ3) is 3.81. The van der Waals surface area contributed by atoms with Crippen molar-refractivity contribution in [1.29, 1.82) is 0 Å². The van der Waals surface area contributed by atoms with Crippen molar-refractivity contribution >= 4 is 48.8 Å². The topological polar surface area (TPSA) is 37.3 Å². The molecule has 0 bridgehead atoms. The fraction of sp³-hybridized carbons (Fsp3) is 0.500. The van der Waals surface area contributed by atoms with Crippen molar-refractivity contribution in [3.05, 3.63) is 28.8 Å². The van der Waals surface area contributed by atoms with Crippen LogP contribution in [0.15, 0.2) is 17.0 Å². The Morgan fingerprint density at radius 3 is 1.75 bits per heavy atom. The van der Waals surface area contributed by atoms with Gasteiger partial charge < -0.3 is 4.55 Å². The number of rotatable bonds is 4. The molecule has 0 aromatic heterocycles. The molecule has 0 aliphatic rings. The van der Waals surface area contributed by atoms with Crippen LogP contribution in [0.2, 0.25) is 0 Å². The first-order valence-electron chi connectivity index (χ1n) is 5.39. The van der Waals surface area contributed by atoms with Crippen LogP contribution in [0.25, 0.3) is 0 Å². The fourth-order valence-electron chi connectivity index (χ4n) is 1.78. The van der Waals surface area contributed by atoms with Gasteiger partial charge in [0.15, 0.2) is 11.1 Å². The average Bonchev–Trinajstić information content (AvgIpc) is 2.26. The van der Waals surface area contributed by atoms with Gasteiger partial charge in [-0.25, -0.2) is 4.21 Å². The van der Waals surface area contributed by atoms with Crippen LogP contribution in [0.5, 0.6) is 0 Å². The molecule has 2 nitrogen and oxygen atoms in total. The van der Waals surface area contributed by atoms with Gasteiger partial charge in [-0.05, 0) is 36.0 Å². The summed E-state index contributed by atoms with van der Waals surface area (Å²) in [5.41, 5.74) is 3.26. The first-order valence-corrected chi connectivity index (χ1v) is 6.50. The van der Waals surface area contributed by atoms with Crippen LogP contribution in [0.1, 0.15) is 37.5 Å². The summed E-state index contributed by atoms with van der Waals surface area (Å²) in [6.45, 7) is 6.14. The van der Waals surface area contributed by atoms with Gasteiger partial charge in [-0.2, -0.15) is 0 Å². The van der Waals surface area contributed by atoms with E-state index < -0.39 is 11.1 Å². The Morgan fingerprint density at radius 2 is 1.50 bits per heavy atom. The van der Waals surface area contributed by atoms with E-state index in [9.17, 15) is 8.76 Å². The van der Waals surface area contributed by atoms with E-state index in [2.05, 4.69) is 6.92 Å². The second-order valence-corrected chi connectivity index (χ2v) is 4.46. The third-order valence-corrected chi connectivity index (χ3v) is 3.52. The van der Waals surface area contributed by atoms with E-state index in [1.165, 1.54) is 5.56 Å². The summed E-state index contributed by atoms with van der Waals surface area (Å²) in [5, 5.41) is 0. The minimum absolute atomic E-state index is 0.